The third-order valence-electron chi connectivity index (χ3n) is 16.0. The van der Waals surface area contributed by atoms with Crippen molar-refractivity contribution in [1.29, 1.82) is 0 Å². The van der Waals surface area contributed by atoms with E-state index in [9.17, 15) is 34.8 Å². The Morgan fingerprint density at radius 1 is 0.810 bits per heavy atom. The highest BCUT2D eigenvalue weighted by molar-refractivity contribution is 5.87. The number of hydrogen-bond acceptors (Lipinski definition) is 15. The van der Waals surface area contributed by atoms with Crippen molar-refractivity contribution < 1.29 is 77.4 Å². The molecule has 9 aliphatic heterocycles. The molecule has 352 valence electrons. The number of fused-ring (bicyclic) bond motifs is 10. The molecule has 9 heterocycles. The fourth-order valence-corrected chi connectivity index (χ4v) is 12.5. The highest BCUT2D eigenvalue weighted by Gasteiger charge is 2.68. The van der Waals surface area contributed by atoms with Gasteiger partial charge < -0.3 is 63.1 Å². The zero-order valence-corrected chi connectivity index (χ0v) is 37.5. The van der Waals surface area contributed by atoms with Crippen LogP contribution in [0, 0.1) is 17.8 Å². The number of carboxylic acids is 1. The summed E-state index contributed by atoms with van der Waals surface area (Å²) in [7, 11) is 0. The van der Waals surface area contributed by atoms with E-state index >= 15 is 0 Å². The molecule has 4 N–H and O–H groups in total. The van der Waals surface area contributed by atoms with Crippen molar-refractivity contribution in [3.8, 4) is 0 Å². The van der Waals surface area contributed by atoms with Gasteiger partial charge in [-0.05, 0) is 90.9 Å². The molecule has 9 rings (SSSR count). The Bertz CT molecular complexity index is 1860. The molecule has 10 bridgehead atoms. The normalized spacial score (nSPS) is 54.2. The number of allylic oxidation sites excluding steroid dienone is 3. The molecule has 9 aliphatic rings. The molecule has 0 aromatic heterocycles. The van der Waals surface area contributed by atoms with Crippen LogP contribution in [0.25, 0.3) is 0 Å². The lowest BCUT2D eigenvalue weighted by atomic mass is 9.87. The maximum Gasteiger partial charge on any atom is 0.336 e. The summed E-state index contributed by atoms with van der Waals surface area (Å²) in [6.45, 7) is 11.6. The number of esters is 1. The van der Waals surface area contributed by atoms with E-state index in [-0.39, 0.29) is 56.3 Å². The molecule has 0 unspecified atom stereocenters. The summed E-state index contributed by atoms with van der Waals surface area (Å²) in [4.78, 5) is 40.9. The van der Waals surface area contributed by atoms with E-state index in [2.05, 4.69) is 13.0 Å². The molecule has 8 fully saturated rings. The first-order valence-corrected chi connectivity index (χ1v) is 23.5. The Morgan fingerprint density at radius 3 is 2.37 bits per heavy atom. The summed E-state index contributed by atoms with van der Waals surface area (Å²) in [6, 6.07) is 0. The molecule has 19 atom stereocenters. The molecule has 0 aliphatic carbocycles. The number of aliphatic hydroxyl groups is 3. The summed E-state index contributed by atoms with van der Waals surface area (Å²) in [5.74, 6) is -7.29. The molecule has 2 spiro atoms. The summed E-state index contributed by atoms with van der Waals surface area (Å²) in [5.41, 5.74) is -2.63. The van der Waals surface area contributed by atoms with Crippen molar-refractivity contribution in [2.24, 2.45) is 17.8 Å². The SMILES string of the molecule is CC1=C/[C@@H](C)C[C@]2(C)CC[C@H](O2)[C@]23CC[C@](C(=O)O)(C[C@H](O2)[C@@H]2O[C@@](C)(CC2=O)[C@H](O)[C@H]2CC[C@]4(CCC[C@@H](O4)[C@H](C)C(=O)O[C@H]4C[C@H]([C@]5(O)OCC[C@H](C)[C@@H]5O)O[C@H]4/C=C\1)O2)O3. The summed E-state index contributed by atoms with van der Waals surface area (Å²) >= 11 is 0. The van der Waals surface area contributed by atoms with Gasteiger partial charge in [0, 0.05) is 38.5 Å². The predicted octanol–water partition coefficient (Wildman–Crippen LogP) is 4.32. The Labute approximate surface area is 369 Å². The molecular formula is C47H68O16. The standard InChI is InChI=1S/C47H68O16/c1-25-9-10-31-33(21-36(56-31)47(54)38(49)27(3)13-19-55-47)57-40(51)28(4)30-8-7-14-45(58-30)16-11-32(59-45)39(50)43(6)23-29(48)37(62-43)34-24-44(41(52)53)17-18-46(60-34,63-44)35-12-15-42(5,61-35)22-26(2)20-25/h9-10,20,26-28,30-39,49-50,54H,7-8,11-19,21-24H2,1-6H3,(H,52,53)/b10-9-,25-20-/t26-,27+,28+,30-,31+,32-,33+,34+,35+,36-,37-,38+,39-,42+,43+,44-,45+,46-,47+/m1/s1. The quantitative estimate of drug-likeness (QED) is 0.284. The predicted molar refractivity (Wildman–Crippen MR) is 220 cm³/mol. The van der Waals surface area contributed by atoms with Gasteiger partial charge in [0.25, 0.3) is 0 Å². The van der Waals surface area contributed by atoms with Gasteiger partial charge in [-0.25, -0.2) is 4.79 Å². The Morgan fingerprint density at radius 2 is 1.59 bits per heavy atom. The molecule has 8 saturated heterocycles. The van der Waals surface area contributed by atoms with Crippen LogP contribution in [0.3, 0.4) is 0 Å². The number of carboxylic acid groups (broad SMARTS) is 1. The minimum Gasteiger partial charge on any atom is -0.479 e. The van der Waals surface area contributed by atoms with Gasteiger partial charge in [0.15, 0.2) is 23.0 Å². The number of carbonyl (C=O) groups excluding carboxylic acids is 2. The second-order valence-corrected chi connectivity index (χ2v) is 21.1. The van der Waals surface area contributed by atoms with E-state index in [4.69, 9.17) is 42.6 Å². The maximum atomic E-state index is 14.1. The summed E-state index contributed by atoms with van der Waals surface area (Å²) in [5, 5.41) is 45.4. The van der Waals surface area contributed by atoms with Crippen molar-refractivity contribution in [2.45, 2.75) is 227 Å². The fraction of sp³-hybridized carbons (Fsp3) is 0.851. The first-order valence-electron chi connectivity index (χ1n) is 23.5. The number of ether oxygens (including phenoxy) is 9. The first kappa shape index (κ1) is 45.8. The number of Topliss-reactive ketones (excluding diaryl/α,β-unsaturated/α-hetero) is 1. The Balaban J connectivity index is 1.01. The van der Waals surface area contributed by atoms with Gasteiger partial charge in [-0.2, -0.15) is 0 Å². The number of aliphatic hydroxyl groups excluding tert-OH is 2. The number of hydrogen-bond donors (Lipinski definition) is 4. The van der Waals surface area contributed by atoms with Crippen LogP contribution in [0.15, 0.2) is 23.8 Å². The topological polar surface area (TPSA) is 215 Å². The van der Waals surface area contributed by atoms with Crippen LogP contribution in [-0.2, 0) is 57.0 Å². The smallest absolute Gasteiger partial charge is 0.336 e. The Hall–Kier alpha value is -2.35. The van der Waals surface area contributed by atoms with Crippen LogP contribution in [0.1, 0.15) is 131 Å². The van der Waals surface area contributed by atoms with Gasteiger partial charge in [0.1, 0.15) is 48.3 Å². The summed E-state index contributed by atoms with van der Waals surface area (Å²) in [6.07, 6.45) is 2.32. The van der Waals surface area contributed by atoms with Crippen LogP contribution < -0.4 is 0 Å². The highest BCUT2D eigenvalue weighted by atomic mass is 16.8. The van der Waals surface area contributed by atoms with Gasteiger partial charge in [-0.15, -0.1) is 0 Å². The van der Waals surface area contributed by atoms with E-state index in [0.29, 0.717) is 57.8 Å². The number of rotatable bonds is 2. The van der Waals surface area contributed by atoms with E-state index in [1.54, 1.807) is 13.8 Å². The van der Waals surface area contributed by atoms with Crippen molar-refractivity contribution >= 4 is 17.7 Å². The van der Waals surface area contributed by atoms with Gasteiger partial charge in [0.2, 0.25) is 5.79 Å². The number of aliphatic carboxylic acids is 1. The third kappa shape index (κ3) is 8.18. The van der Waals surface area contributed by atoms with Gasteiger partial charge in [-0.3, -0.25) is 9.59 Å². The van der Waals surface area contributed by atoms with Crippen molar-refractivity contribution in [3.05, 3.63) is 23.8 Å². The minimum atomic E-state index is -1.99. The number of carbonyl (C=O) groups is 3. The molecule has 0 radical (unpaired) electrons. The van der Waals surface area contributed by atoms with Crippen LogP contribution in [0.5, 0.6) is 0 Å². The monoisotopic (exact) mass is 888 g/mol. The average molecular weight is 889 g/mol. The van der Waals surface area contributed by atoms with E-state index in [1.807, 2.05) is 32.9 Å². The molecule has 63 heavy (non-hydrogen) atoms. The average Bonchev–Trinajstić information content (AvgIpc) is 4.06. The van der Waals surface area contributed by atoms with Crippen LogP contribution in [0.4, 0.5) is 0 Å². The second kappa shape index (κ2) is 16.5. The van der Waals surface area contributed by atoms with Crippen molar-refractivity contribution in [3.63, 3.8) is 0 Å². The van der Waals surface area contributed by atoms with Crippen molar-refractivity contribution in [1.82, 2.24) is 0 Å². The second-order valence-electron chi connectivity index (χ2n) is 21.1. The van der Waals surface area contributed by atoms with Crippen LogP contribution in [0.2, 0.25) is 0 Å². The van der Waals surface area contributed by atoms with Gasteiger partial charge in [0.05, 0.1) is 36.4 Å². The molecule has 0 aromatic rings. The molecule has 0 aromatic carbocycles. The molecule has 16 nitrogen and oxygen atoms in total. The zero-order valence-electron chi connectivity index (χ0n) is 37.5. The fourth-order valence-electron chi connectivity index (χ4n) is 12.5. The Kier molecular flexibility index (Phi) is 12.0. The van der Waals surface area contributed by atoms with Crippen LogP contribution in [-0.4, -0.2) is 140 Å². The third-order valence-corrected chi connectivity index (χ3v) is 16.0. The molecule has 16 heteroatoms. The number of ketones is 1. The lowest BCUT2D eigenvalue weighted by molar-refractivity contribution is -0.358. The molecule has 0 saturated carbocycles. The molecule has 0 amide bonds. The summed E-state index contributed by atoms with van der Waals surface area (Å²) < 4.78 is 58.2. The first-order chi connectivity index (χ1) is 29.7. The largest absolute Gasteiger partial charge is 0.479 e. The lowest BCUT2D eigenvalue weighted by Crippen LogP contribution is -2.60. The van der Waals surface area contributed by atoms with Gasteiger partial charge in [-0.1, -0.05) is 37.6 Å². The van der Waals surface area contributed by atoms with E-state index in [0.717, 1.165) is 5.57 Å². The van der Waals surface area contributed by atoms with Crippen LogP contribution >= 0.6 is 0 Å². The highest BCUT2D eigenvalue weighted by Crippen LogP contribution is 2.55. The minimum absolute atomic E-state index is 0.0310. The van der Waals surface area contributed by atoms with E-state index < -0.39 is 113 Å². The van der Waals surface area contributed by atoms with Crippen molar-refractivity contribution in [2.75, 3.05) is 6.61 Å². The maximum absolute atomic E-state index is 14.1. The lowest BCUT2D eigenvalue weighted by Gasteiger charge is -2.46. The van der Waals surface area contributed by atoms with E-state index in [1.165, 1.54) is 0 Å². The zero-order chi connectivity index (χ0) is 44.9. The van der Waals surface area contributed by atoms with Gasteiger partial charge >= 0.3 is 11.9 Å². The molecular weight excluding hydrogens is 821 g/mol.